The van der Waals surface area contributed by atoms with E-state index in [-0.39, 0.29) is 11.4 Å². The van der Waals surface area contributed by atoms with Gasteiger partial charge in [0.05, 0.1) is 5.39 Å². The topological polar surface area (TPSA) is 34.9 Å². The Labute approximate surface area is 153 Å². The van der Waals surface area contributed by atoms with Gasteiger partial charge >= 0.3 is 0 Å². The van der Waals surface area contributed by atoms with Gasteiger partial charge in [0.25, 0.3) is 5.56 Å². The summed E-state index contributed by atoms with van der Waals surface area (Å²) in [6, 6.07) is 6.52. The van der Waals surface area contributed by atoms with Crippen LogP contribution in [0.5, 0.6) is 0 Å². The van der Waals surface area contributed by atoms with Crippen LogP contribution in [-0.4, -0.2) is 9.55 Å². The van der Waals surface area contributed by atoms with Crippen LogP contribution >= 0.6 is 23.1 Å². The predicted molar refractivity (Wildman–Crippen MR) is 102 cm³/mol. The fourth-order valence-corrected chi connectivity index (χ4v) is 5.49. The highest BCUT2D eigenvalue weighted by molar-refractivity contribution is 7.98. The smallest absolute Gasteiger partial charge is 0.263 e. The molecule has 1 aliphatic rings. The van der Waals surface area contributed by atoms with E-state index in [0.29, 0.717) is 17.5 Å². The summed E-state index contributed by atoms with van der Waals surface area (Å²) in [5, 5.41) is 1.45. The molecule has 0 aliphatic heterocycles. The lowest BCUT2D eigenvalue weighted by Crippen LogP contribution is -2.22. The number of benzene rings is 1. The maximum absolute atomic E-state index is 13.4. The van der Waals surface area contributed by atoms with Crippen molar-refractivity contribution >= 4 is 33.3 Å². The van der Waals surface area contributed by atoms with E-state index in [1.807, 2.05) is 6.07 Å². The molecule has 0 atom stereocenters. The average molecular weight is 372 g/mol. The van der Waals surface area contributed by atoms with Gasteiger partial charge in [0.1, 0.15) is 10.6 Å². The number of halogens is 1. The monoisotopic (exact) mass is 372 g/mol. The summed E-state index contributed by atoms with van der Waals surface area (Å²) >= 11 is 3.10. The van der Waals surface area contributed by atoms with E-state index < -0.39 is 0 Å². The molecule has 25 heavy (non-hydrogen) atoms. The van der Waals surface area contributed by atoms with Crippen molar-refractivity contribution in [3.63, 3.8) is 0 Å². The Morgan fingerprint density at radius 2 is 2.28 bits per heavy atom. The first-order valence-corrected chi connectivity index (χ1v) is 10.0. The van der Waals surface area contributed by atoms with Crippen LogP contribution < -0.4 is 5.56 Å². The van der Waals surface area contributed by atoms with Gasteiger partial charge in [0.15, 0.2) is 5.16 Å². The summed E-state index contributed by atoms with van der Waals surface area (Å²) in [6.07, 6.45) is 4.85. The largest absolute Gasteiger partial charge is 0.283 e. The maximum Gasteiger partial charge on any atom is 0.263 e. The fraction of sp³-hybridized carbons (Fsp3) is 0.263. The molecule has 0 fully saturated rings. The average Bonchev–Trinajstić information content (AvgIpc) is 3.16. The third-order valence-electron chi connectivity index (χ3n) is 4.36. The normalized spacial score (nSPS) is 13.3. The van der Waals surface area contributed by atoms with Crippen LogP contribution in [0.15, 0.2) is 46.9 Å². The lowest BCUT2D eigenvalue weighted by molar-refractivity contribution is 0.626. The summed E-state index contributed by atoms with van der Waals surface area (Å²) < 4.78 is 15.1. The van der Waals surface area contributed by atoms with Crippen LogP contribution in [0.4, 0.5) is 4.39 Å². The second kappa shape index (κ2) is 6.77. The van der Waals surface area contributed by atoms with Gasteiger partial charge in [-0.05, 0) is 42.5 Å². The first-order chi connectivity index (χ1) is 12.2. The van der Waals surface area contributed by atoms with Gasteiger partial charge in [0.2, 0.25) is 0 Å². The van der Waals surface area contributed by atoms with E-state index in [2.05, 4.69) is 6.58 Å². The number of allylic oxidation sites excluding steroid dienone is 1. The molecule has 128 valence electrons. The van der Waals surface area contributed by atoms with Crippen LogP contribution in [0.1, 0.15) is 22.4 Å². The van der Waals surface area contributed by atoms with E-state index in [1.165, 1.54) is 34.3 Å². The number of thioether (sulfide) groups is 1. The van der Waals surface area contributed by atoms with Gasteiger partial charge in [-0.3, -0.25) is 9.36 Å². The van der Waals surface area contributed by atoms with E-state index in [0.717, 1.165) is 35.0 Å². The van der Waals surface area contributed by atoms with Crippen molar-refractivity contribution in [3.05, 3.63) is 69.1 Å². The van der Waals surface area contributed by atoms with E-state index >= 15 is 0 Å². The minimum absolute atomic E-state index is 0.0195. The Morgan fingerprint density at radius 3 is 3.08 bits per heavy atom. The Hall–Kier alpha value is -1.92. The van der Waals surface area contributed by atoms with Gasteiger partial charge in [-0.2, -0.15) is 0 Å². The molecule has 4 rings (SSSR count). The number of aryl methyl sites for hydroxylation is 2. The molecule has 6 heteroatoms. The zero-order valence-electron chi connectivity index (χ0n) is 13.6. The molecule has 3 aromatic rings. The number of hydrogen-bond donors (Lipinski definition) is 0. The molecule has 0 saturated carbocycles. The standard InChI is InChI=1S/C19H17FN2OS2/c1-2-9-22-18(23)16-14-7-4-8-15(14)25-17(16)21-19(22)24-11-12-5-3-6-13(20)10-12/h2-3,5-6,10H,1,4,7-9,11H2. The Bertz CT molecular complexity index is 1020. The molecule has 0 radical (unpaired) electrons. The summed E-state index contributed by atoms with van der Waals surface area (Å²) in [7, 11) is 0. The Balaban J connectivity index is 1.76. The quantitative estimate of drug-likeness (QED) is 0.374. The molecule has 0 unspecified atom stereocenters. The molecule has 0 spiro atoms. The van der Waals surface area contributed by atoms with Crippen LogP contribution in [0.25, 0.3) is 10.2 Å². The van der Waals surface area contributed by atoms with Crippen LogP contribution in [0.2, 0.25) is 0 Å². The van der Waals surface area contributed by atoms with Gasteiger partial charge < -0.3 is 0 Å². The predicted octanol–water partition coefficient (Wildman–Crippen LogP) is 4.56. The van der Waals surface area contributed by atoms with Gasteiger partial charge in [-0.1, -0.05) is 30.0 Å². The van der Waals surface area contributed by atoms with Crippen LogP contribution in [0.3, 0.4) is 0 Å². The Morgan fingerprint density at radius 1 is 1.40 bits per heavy atom. The molecule has 1 aliphatic carbocycles. The van der Waals surface area contributed by atoms with Crippen molar-refractivity contribution in [2.45, 2.75) is 36.7 Å². The van der Waals surface area contributed by atoms with Crippen molar-refractivity contribution in [2.75, 3.05) is 0 Å². The summed E-state index contributed by atoms with van der Waals surface area (Å²) in [5.74, 6) is 0.317. The van der Waals surface area contributed by atoms with Gasteiger partial charge in [-0.25, -0.2) is 9.37 Å². The second-order valence-electron chi connectivity index (χ2n) is 6.05. The van der Waals surface area contributed by atoms with Gasteiger partial charge in [0, 0.05) is 17.2 Å². The van der Waals surface area contributed by atoms with Crippen molar-refractivity contribution in [1.82, 2.24) is 9.55 Å². The number of nitrogens with zero attached hydrogens (tertiary/aromatic N) is 2. The molecule has 0 amide bonds. The number of aromatic nitrogens is 2. The minimum Gasteiger partial charge on any atom is -0.283 e. The Kier molecular flexibility index (Phi) is 4.48. The minimum atomic E-state index is -0.250. The summed E-state index contributed by atoms with van der Waals surface area (Å²) in [6.45, 7) is 4.19. The fourth-order valence-electron chi connectivity index (χ4n) is 3.23. The van der Waals surface area contributed by atoms with Crippen molar-refractivity contribution in [3.8, 4) is 0 Å². The van der Waals surface area contributed by atoms with E-state index in [4.69, 9.17) is 4.98 Å². The van der Waals surface area contributed by atoms with E-state index in [9.17, 15) is 9.18 Å². The molecule has 0 bridgehead atoms. The lowest BCUT2D eigenvalue weighted by Gasteiger charge is -2.10. The van der Waals surface area contributed by atoms with Crippen molar-refractivity contribution in [1.29, 1.82) is 0 Å². The number of thiophene rings is 1. The van der Waals surface area contributed by atoms with Crippen molar-refractivity contribution in [2.24, 2.45) is 0 Å². The van der Waals surface area contributed by atoms with Crippen LogP contribution in [-0.2, 0) is 25.1 Å². The highest BCUT2D eigenvalue weighted by Crippen LogP contribution is 2.35. The molecule has 2 heterocycles. The SMILES string of the molecule is C=CCn1c(SCc2cccc(F)c2)nc2sc3c(c2c1=O)CCC3. The van der Waals surface area contributed by atoms with Crippen molar-refractivity contribution < 1.29 is 4.39 Å². The molecule has 3 nitrogen and oxygen atoms in total. The van der Waals surface area contributed by atoms with Crippen LogP contribution in [0, 0.1) is 5.82 Å². The number of fused-ring (bicyclic) bond motifs is 3. The third kappa shape index (κ3) is 3.04. The number of hydrogen-bond acceptors (Lipinski definition) is 4. The summed E-state index contributed by atoms with van der Waals surface area (Å²) in [4.78, 5) is 19.9. The molecule has 2 aromatic heterocycles. The third-order valence-corrected chi connectivity index (χ3v) is 6.59. The maximum atomic E-state index is 13.4. The number of rotatable bonds is 5. The summed E-state index contributed by atoms with van der Waals surface area (Å²) in [5.41, 5.74) is 2.08. The molecule has 0 saturated heterocycles. The highest BCUT2D eigenvalue weighted by atomic mass is 32.2. The molecular formula is C19H17FN2OS2. The van der Waals surface area contributed by atoms with Gasteiger partial charge in [-0.15, -0.1) is 17.9 Å². The zero-order chi connectivity index (χ0) is 17.4. The first kappa shape index (κ1) is 16.5. The highest BCUT2D eigenvalue weighted by Gasteiger charge is 2.23. The molecular weight excluding hydrogens is 355 g/mol. The zero-order valence-corrected chi connectivity index (χ0v) is 15.3. The molecule has 0 N–H and O–H groups in total. The van der Waals surface area contributed by atoms with E-state index in [1.54, 1.807) is 28.0 Å². The second-order valence-corrected chi connectivity index (χ2v) is 8.08. The molecule has 1 aromatic carbocycles. The lowest BCUT2D eigenvalue weighted by atomic mass is 10.2. The first-order valence-electron chi connectivity index (χ1n) is 8.20.